The summed E-state index contributed by atoms with van der Waals surface area (Å²) >= 11 is 0. The van der Waals surface area contributed by atoms with Crippen LogP contribution in [-0.4, -0.2) is 6.41 Å². The molecule has 0 aromatic heterocycles. The summed E-state index contributed by atoms with van der Waals surface area (Å²) < 4.78 is 0. The van der Waals surface area contributed by atoms with Crippen molar-refractivity contribution in [2.45, 2.75) is 12.5 Å². The smallest absolute Gasteiger partial charge is 0.207 e. The fraction of sp³-hybridized carbons (Fsp3) is 0.118. The molecule has 2 heteroatoms. The quantitative estimate of drug-likeness (QED) is 0.829. The number of carbonyl (C=O) groups is 1. The van der Waals surface area contributed by atoms with Gasteiger partial charge in [0.1, 0.15) is 0 Å². The predicted octanol–water partition coefficient (Wildman–Crippen LogP) is 3.11. The Hall–Kier alpha value is -2.35. The van der Waals surface area contributed by atoms with Crippen LogP contribution >= 0.6 is 0 Å². The number of rotatable bonds is 4. The van der Waals surface area contributed by atoms with E-state index in [0.717, 1.165) is 12.8 Å². The van der Waals surface area contributed by atoms with Gasteiger partial charge in [0.15, 0.2) is 0 Å². The van der Waals surface area contributed by atoms with E-state index in [9.17, 15) is 4.79 Å². The third-order valence-electron chi connectivity index (χ3n) is 3.49. The second kappa shape index (κ2) is 5.11. The molecule has 1 N–H and O–H groups in total. The van der Waals surface area contributed by atoms with Crippen LogP contribution in [0.5, 0.6) is 0 Å². The summed E-state index contributed by atoms with van der Waals surface area (Å²) in [4.78, 5) is 10.7. The van der Waals surface area contributed by atoms with Crippen molar-refractivity contribution in [2.75, 3.05) is 0 Å². The minimum absolute atomic E-state index is 0.00686. The highest BCUT2D eigenvalue weighted by atomic mass is 16.1. The SMILES string of the molecule is O=CNC1C=C(Cc2ccccc2)c2ccccc21. The van der Waals surface area contributed by atoms with Crippen LogP contribution in [0.4, 0.5) is 0 Å². The number of amides is 1. The lowest BCUT2D eigenvalue weighted by Crippen LogP contribution is -2.15. The maximum atomic E-state index is 10.7. The highest BCUT2D eigenvalue weighted by molar-refractivity contribution is 5.77. The molecule has 2 aromatic rings. The fourth-order valence-electron chi connectivity index (χ4n) is 2.62. The molecule has 0 fully saturated rings. The van der Waals surface area contributed by atoms with Crippen molar-refractivity contribution in [3.05, 3.63) is 77.4 Å². The number of nitrogens with one attached hydrogen (secondary N) is 1. The molecule has 94 valence electrons. The van der Waals surface area contributed by atoms with Crippen molar-refractivity contribution in [3.63, 3.8) is 0 Å². The standard InChI is InChI=1S/C17H15NO/c19-12-18-17-11-14(10-13-6-2-1-3-7-13)15-8-4-5-9-16(15)17/h1-9,11-12,17H,10H2,(H,18,19). The van der Waals surface area contributed by atoms with Gasteiger partial charge in [-0.3, -0.25) is 4.79 Å². The normalized spacial score (nSPS) is 16.6. The van der Waals surface area contributed by atoms with Gasteiger partial charge in [-0.2, -0.15) is 0 Å². The number of hydrogen-bond acceptors (Lipinski definition) is 1. The van der Waals surface area contributed by atoms with E-state index in [4.69, 9.17) is 0 Å². The van der Waals surface area contributed by atoms with Crippen LogP contribution in [0.3, 0.4) is 0 Å². The largest absolute Gasteiger partial charge is 0.348 e. The zero-order chi connectivity index (χ0) is 13.1. The summed E-state index contributed by atoms with van der Waals surface area (Å²) in [5.41, 5.74) is 4.99. The van der Waals surface area contributed by atoms with Gasteiger partial charge in [-0.15, -0.1) is 0 Å². The molecule has 3 rings (SSSR count). The lowest BCUT2D eigenvalue weighted by atomic mass is 9.99. The third kappa shape index (κ3) is 2.29. The second-order valence-electron chi connectivity index (χ2n) is 4.70. The lowest BCUT2D eigenvalue weighted by Gasteiger charge is -2.08. The molecule has 1 aliphatic rings. The molecule has 0 saturated heterocycles. The molecule has 19 heavy (non-hydrogen) atoms. The zero-order valence-corrected chi connectivity index (χ0v) is 10.5. The van der Waals surface area contributed by atoms with Crippen LogP contribution < -0.4 is 5.32 Å². The molecular weight excluding hydrogens is 234 g/mol. The first-order valence-corrected chi connectivity index (χ1v) is 6.42. The van der Waals surface area contributed by atoms with Gasteiger partial charge in [-0.05, 0) is 28.7 Å². The molecule has 2 nitrogen and oxygen atoms in total. The molecule has 0 radical (unpaired) electrons. The van der Waals surface area contributed by atoms with Gasteiger partial charge in [0, 0.05) is 0 Å². The first kappa shape index (κ1) is 11.7. The lowest BCUT2D eigenvalue weighted by molar-refractivity contribution is -0.109. The van der Waals surface area contributed by atoms with Crippen molar-refractivity contribution < 1.29 is 4.79 Å². The zero-order valence-electron chi connectivity index (χ0n) is 10.5. The van der Waals surface area contributed by atoms with Crippen LogP contribution in [-0.2, 0) is 11.2 Å². The van der Waals surface area contributed by atoms with Crippen LogP contribution in [0.2, 0.25) is 0 Å². The van der Waals surface area contributed by atoms with Gasteiger partial charge < -0.3 is 5.32 Å². The maximum absolute atomic E-state index is 10.7. The van der Waals surface area contributed by atoms with E-state index in [1.807, 2.05) is 18.2 Å². The first-order valence-electron chi connectivity index (χ1n) is 6.42. The Balaban J connectivity index is 1.93. The molecule has 1 amide bonds. The van der Waals surface area contributed by atoms with Crippen LogP contribution in [0.15, 0.2) is 60.7 Å². The Bertz CT molecular complexity index is 616. The minimum atomic E-state index is 0.00686. The van der Waals surface area contributed by atoms with Crippen LogP contribution in [0.25, 0.3) is 5.57 Å². The summed E-state index contributed by atoms with van der Waals surface area (Å²) in [6.45, 7) is 0. The average molecular weight is 249 g/mol. The van der Waals surface area contributed by atoms with Crippen molar-refractivity contribution in [1.82, 2.24) is 5.32 Å². The molecule has 0 aliphatic heterocycles. The summed E-state index contributed by atoms with van der Waals surface area (Å²) in [5, 5.41) is 2.86. The Labute approximate surface area is 112 Å². The van der Waals surface area contributed by atoms with Gasteiger partial charge in [-0.25, -0.2) is 0 Å². The molecule has 1 aliphatic carbocycles. The number of benzene rings is 2. The number of hydrogen-bond donors (Lipinski definition) is 1. The Morgan fingerprint density at radius 3 is 2.53 bits per heavy atom. The molecule has 2 aromatic carbocycles. The Morgan fingerprint density at radius 1 is 1.00 bits per heavy atom. The monoisotopic (exact) mass is 249 g/mol. The van der Waals surface area contributed by atoms with E-state index in [1.165, 1.54) is 22.3 Å². The second-order valence-corrected chi connectivity index (χ2v) is 4.70. The van der Waals surface area contributed by atoms with E-state index in [0.29, 0.717) is 0 Å². The molecule has 1 unspecified atom stereocenters. The van der Waals surface area contributed by atoms with Crippen molar-refractivity contribution in [1.29, 1.82) is 0 Å². The van der Waals surface area contributed by atoms with Crippen molar-refractivity contribution in [3.8, 4) is 0 Å². The summed E-state index contributed by atoms with van der Waals surface area (Å²) in [6.07, 6.45) is 3.81. The van der Waals surface area contributed by atoms with Gasteiger partial charge in [0.25, 0.3) is 0 Å². The van der Waals surface area contributed by atoms with Crippen LogP contribution in [0, 0.1) is 0 Å². The molecule has 0 heterocycles. The molecule has 1 atom stereocenters. The van der Waals surface area contributed by atoms with E-state index in [-0.39, 0.29) is 6.04 Å². The van der Waals surface area contributed by atoms with E-state index >= 15 is 0 Å². The topological polar surface area (TPSA) is 29.1 Å². The number of allylic oxidation sites excluding steroid dienone is 1. The molecular formula is C17H15NO. The van der Waals surface area contributed by atoms with E-state index in [2.05, 4.69) is 47.8 Å². The van der Waals surface area contributed by atoms with Gasteiger partial charge in [0.05, 0.1) is 6.04 Å². The van der Waals surface area contributed by atoms with Crippen LogP contribution in [0.1, 0.15) is 22.7 Å². The van der Waals surface area contributed by atoms with Gasteiger partial charge >= 0.3 is 0 Å². The third-order valence-corrected chi connectivity index (χ3v) is 3.49. The summed E-state index contributed by atoms with van der Waals surface area (Å²) in [5.74, 6) is 0. The Kier molecular flexibility index (Phi) is 3.15. The first-order chi connectivity index (χ1) is 9.38. The van der Waals surface area contributed by atoms with E-state index < -0.39 is 0 Å². The molecule has 0 saturated carbocycles. The maximum Gasteiger partial charge on any atom is 0.207 e. The fourth-order valence-corrected chi connectivity index (χ4v) is 2.62. The number of fused-ring (bicyclic) bond motifs is 1. The number of carbonyl (C=O) groups excluding carboxylic acids is 1. The molecule has 0 spiro atoms. The van der Waals surface area contributed by atoms with Crippen molar-refractivity contribution >= 4 is 12.0 Å². The van der Waals surface area contributed by atoms with Gasteiger partial charge in [-0.1, -0.05) is 60.7 Å². The van der Waals surface area contributed by atoms with E-state index in [1.54, 1.807) is 0 Å². The summed E-state index contributed by atoms with van der Waals surface area (Å²) in [7, 11) is 0. The van der Waals surface area contributed by atoms with Gasteiger partial charge in [0.2, 0.25) is 6.41 Å². The average Bonchev–Trinajstić information content (AvgIpc) is 2.79. The summed E-state index contributed by atoms with van der Waals surface area (Å²) in [6, 6.07) is 18.6. The minimum Gasteiger partial charge on any atom is -0.348 e. The Morgan fingerprint density at radius 2 is 1.74 bits per heavy atom. The molecule has 0 bridgehead atoms. The van der Waals surface area contributed by atoms with Crippen molar-refractivity contribution in [2.24, 2.45) is 0 Å². The predicted molar refractivity (Wildman–Crippen MR) is 76.5 cm³/mol. The highest BCUT2D eigenvalue weighted by Crippen LogP contribution is 2.35. The highest BCUT2D eigenvalue weighted by Gasteiger charge is 2.22.